The van der Waals surface area contributed by atoms with Crippen molar-refractivity contribution >= 4 is 10.0 Å². The third-order valence-electron chi connectivity index (χ3n) is 2.50. The monoisotopic (exact) mass is 207 g/mol. The fraction of sp³-hybridized carbons (Fsp3) is 1.00. The molecule has 0 aromatic carbocycles. The Balaban J connectivity index is 4.21. The maximum absolute atomic E-state index is 11.2. The molecule has 3 nitrogen and oxygen atoms in total. The van der Waals surface area contributed by atoms with Crippen LogP contribution in [-0.4, -0.2) is 20.2 Å². The standard InChI is InChI=1S/C9H21NO2S/c1-5-9(6-2)8(4)10-13(11,12)7-3/h8-10H,5-7H2,1-4H3. The molecule has 0 radical (unpaired) electrons. The van der Waals surface area contributed by atoms with E-state index in [9.17, 15) is 8.42 Å². The zero-order valence-electron chi connectivity index (χ0n) is 9.00. The third kappa shape index (κ3) is 4.62. The van der Waals surface area contributed by atoms with E-state index in [2.05, 4.69) is 18.6 Å². The van der Waals surface area contributed by atoms with Gasteiger partial charge < -0.3 is 0 Å². The Bertz CT molecular complexity index is 220. The maximum Gasteiger partial charge on any atom is 0.211 e. The van der Waals surface area contributed by atoms with Crippen molar-refractivity contribution in [2.75, 3.05) is 5.75 Å². The Morgan fingerprint density at radius 3 is 1.92 bits per heavy atom. The van der Waals surface area contributed by atoms with Crippen LogP contribution in [-0.2, 0) is 10.0 Å². The number of rotatable bonds is 6. The minimum atomic E-state index is -3.03. The minimum Gasteiger partial charge on any atom is -0.212 e. The Labute approximate surface area is 82.0 Å². The molecule has 0 fully saturated rings. The zero-order chi connectivity index (χ0) is 10.5. The minimum absolute atomic E-state index is 0.0555. The van der Waals surface area contributed by atoms with E-state index in [4.69, 9.17) is 0 Å². The lowest BCUT2D eigenvalue weighted by Crippen LogP contribution is -2.38. The summed E-state index contributed by atoms with van der Waals surface area (Å²) in [5.74, 6) is 0.610. The van der Waals surface area contributed by atoms with Crippen LogP contribution < -0.4 is 4.72 Å². The Hall–Kier alpha value is -0.0900. The molecule has 1 atom stereocenters. The average molecular weight is 207 g/mol. The van der Waals surface area contributed by atoms with Crippen molar-refractivity contribution in [3.8, 4) is 0 Å². The fourth-order valence-corrected chi connectivity index (χ4v) is 2.38. The largest absolute Gasteiger partial charge is 0.212 e. The van der Waals surface area contributed by atoms with E-state index in [0.717, 1.165) is 12.8 Å². The molecule has 1 N–H and O–H groups in total. The van der Waals surface area contributed by atoms with Gasteiger partial charge in [0, 0.05) is 6.04 Å². The van der Waals surface area contributed by atoms with E-state index in [1.165, 1.54) is 0 Å². The summed E-state index contributed by atoms with van der Waals surface area (Å²) in [7, 11) is -3.03. The molecule has 80 valence electrons. The van der Waals surface area contributed by atoms with Gasteiger partial charge in [-0.1, -0.05) is 26.7 Å². The van der Waals surface area contributed by atoms with Crippen LogP contribution in [0.15, 0.2) is 0 Å². The van der Waals surface area contributed by atoms with Crippen LogP contribution in [0.25, 0.3) is 0 Å². The lowest BCUT2D eigenvalue weighted by molar-refractivity contribution is 0.391. The predicted molar refractivity (Wildman–Crippen MR) is 56.1 cm³/mol. The van der Waals surface area contributed by atoms with Gasteiger partial charge in [-0.05, 0) is 19.8 Å². The van der Waals surface area contributed by atoms with E-state index < -0.39 is 10.0 Å². The van der Waals surface area contributed by atoms with E-state index in [1.807, 2.05) is 6.92 Å². The average Bonchev–Trinajstić information content (AvgIpc) is 2.06. The topological polar surface area (TPSA) is 46.2 Å². The SMILES string of the molecule is CCC(CC)C(C)NS(=O)(=O)CC. The van der Waals surface area contributed by atoms with Crippen molar-refractivity contribution in [2.24, 2.45) is 5.92 Å². The number of nitrogens with one attached hydrogen (secondary N) is 1. The molecule has 0 bridgehead atoms. The van der Waals surface area contributed by atoms with Gasteiger partial charge in [-0.15, -0.1) is 0 Å². The highest BCUT2D eigenvalue weighted by molar-refractivity contribution is 7.89. The van der Waals surface area contributed by atoms with E-state index in [-0.39, 0.29) is 11.8 Å². The van der Waals surface area contributed by atoms with Gasteiger partial charge in [0.2, 0.25) is 10.0 Å². The summed E-state index contributed by atoms with van der Waals surface area (Å²) in [4.78, 5) is 0. The Morgan fingerprint density at radius 1 is 1.15 bits per heavy atom. The zero-order valence-corrected chi connectivity index (χ0v) is 9.82. The summed E-state index contributed by atoms with van der Waals surface area (Å²) >= 11 is 0. The summed E-state index contributed by atoms with van der Waals surface area (Å²) in [6, 6.07) is 0.0555. The van der Waals surface area contributed by atoms with Gasteiger partial charge in [-0.2, -0.15) is 0 Å². The van der Waals surface area contributed by atoms with E-state index in [1.54, 1.807) is 6.92 Å². The van der Waals surface area contributed by atoms with Crippen LogP contribution in [0, 0.1) is 5.92 Å². The lowest BCUT2D eigenvalue weighted by atomic mass is 9.96. The molecule has 0 rings (SSSR count). The van der Waals surface area contributed by atoms with Crippen molar-refractivity contribution in [1.82, 2.24) is 4.72 Å². The predicted octanol–water partition coefficient (Wildman–Crippen LogP) is 1.75. The molecule has 0 saturated carbocycles. The van der Waals surface area contributed by atoms with Gasteiger partial charge in [0.15, 0.2) is 0 Å². The molecular weight excluding hydrogens is 186 g/mol. The molecule has 0 aromatic rings. The van der Waals surface area contributed by atoms with Crippen molar-refractivity contribution in [2.45, 2.75) is 46.6 Å². The van der Waals surface area contributed by atoms with Crippen LogP contribution in [0.4, 0.5) is 0 Å². The number of hydrogen-bond donors (Lipinski definition) is 1. The second-order valence-electron chi connectivity index (χ2n) is 3.39. The summed E-state index contributed by atoms with van der Waals surface area (Å²) in [6.45, 7) is 7.77. The van der Waals surface area contributed by atoms with Gasteiger partial charge in [-0.25, -0.2) is 13.1 Å². The summed E-state index contributed by atoms with van der Waals surface area (Å²) in [6.07, 6.45) is 2.04. The third-order valence-corrected chi connectivity index (χ3v) is 3.99. The summed E-state index contributed by atoms with van der Waals surface area (Å²) in [5.41, 5.74) is 0. The highest BCUT2D eigenvalue weighted by Gasteiger charge is 2.18. The second-order valence-corrected chi connectivity index (χ2v) is 5.43. The smallest absolute Gasteiger partial charge is 0.211 e. The van der Waals surface area contributed by atoms with Crippen LogP contribution >= 0.6 is 0 Å². The van der Waals surface area contributed by atoms with E-state index in [0.29, 0.717) is 5.92 Å². The van der Waals surface area contributed by atoms with Gasteiger partial charge in [0.25, 0.3) is 0 Å². The van der Waals surface area contributed by atoms with Gasteiger partial charge >= 0.3 is 0 Å². The highest BCUT2D eigenvalue weighted by atomic mass is 32.2. The first kappa shape index (κ1) is 12.9. The van der Waals surface area contributed by atoms with Crippen molar-refractivity contribution in [3.05, 3.63) is 0 Å². The van der Waals surface area contributed by atoms with E-state index >= 15 is 0 Å². The van der Waals surface area contributed by atoms with Gasteiger partial charge in [0.1, 0.15) is 0 Å². The molecule has 0 aromatic heterocycles. The first-order valence-electron chi connectivity index (χ1n) is 4.96. The molecule has 4 heteroatoms. The molecule has 0 aliphatic rings. The van der Waals surface area contributed by atoms with Crippen molar-refractivity contribution in [3.63, 3.8) is 0 Å². The van der Waals surface area contributed by atoms with Crippen LogP contribution in [0.1, 0.15) is 40.5 Å². The maximum atomic E-state index is 11.2. The van der Waals surface area contributed by atoms with Crippen molar-refractivity contribution < 1.29 is 8.42 Å². The molecule has 0 heterocycles. The summed E-state index contributed by atoms with van der Waals surface area (Å²) < 4.78 is 25.1. The molecule has 0 aliphatic heterocycles. The van der Waals surface area contributed by atoms with Crippen LogP contribution in [0.2, 0.25) is 0 Å². The first-order chi connectivity index (χ1) is 5.96. The quantitative estimate of drug-likeness (QED) is 0.721. The van der Waals surface area contributed by atoms with Gasteiger partial charge in [0.05, 0.1) is 5.75 Å². The molecule has 1 unspecified atom stereocenters. The summed E-state index contributed by atoms with van der Waals surface area (Å²) in [5, 5.41) is 0. The molecule has 13 heavy (non-hydrogen) atoms. The normalized spacial score (nSPS) is 14.8. The van der Waals surface area contributed by atoms with Crippen LogP contribution in [0.3, 0.4) is 0 Å². The molecular formula is C9H21NO2S. The molecule has 0 amide bonds. The molecule has 0 spiro atoms. The fourth-order valence-electron chi connectivity index (χ4n) is 1.46. The second kappa shape index (κ2) is 5.60. The molecule has 0 saturated heterocycles. The highest BCUT2D eigenvalue weighted by Crippen LogP contribution is 2.13. The van der Waals surface area contributed by atoms with Gasteiger partial charge in [-0.3, -0.25) is 0 Å². The number of hydrogen-bond acceptors (Lipinski definition) is 2. The van der Waals surface area contributed by atoms with Crippen LogP contribution in [0.5, 0.6) is 0 Å². The number of sulfonamides is 1. The lowest BCUT2D eigenvalue weighted by Gasteiger charge is -2.21. The Kier molecular flexibility index (Phi) is 5.56. The Morgan fingerprint density at radius 2 is 1.62 bits per heavy atom. The molecule has 0 aliphatic carbocycles. The van der Waals surface area contributed by atoms with Crippen molar-refractivity contribution in [1.29, 1.82) is 0 Å². The first-order valence-corrected chi connectivity index (χ1v) is 6.62.